The molecule has 2 saturated heterocycles. The van der Waals surface area contributed by atoms with Crippen molar-refractivity contribution in [1.29, 1.82) is 0 Å². The average Bonchev–Trinajstić information content (AvgIpc) is 3.26. The number of anilines is 1. The number of likely N-dealkylation sites (tertiary alicyclic amines) is 2. The van der Waals surface area contributed by atoms with Crippen LogP contribution in [0.1, 0.15) is 69.8 Å². The van der Waals surface area contributed by atoms with Crippen LogP contribution in [-0.2, 0) is 16.0 Å². The van der Waals surface area contributed by atoms with Gasteiger partial charge in [0.15, 0.2) is 0 Å². The minimum atomic E-state index is 0.0842. The molecule has 1 N–H and O–H groups in total. The largest absolute Gasteiger partial charge is 0.367 e. The lowest BCUT2D eigenvalue weighted by molar-refractivity contribution is -0.141. The van der Waals surface area contributed by atoms with Gasteiger partial charge in [-0.3, -0.25) is 9.59 Å². The molecule has 0 radical (unpaired) electrons. The Morgan fingerprint density at radius 1 is 0.968 bits per heavy atom. The van der Waals surface area contributed by atoms with Gasteiger partial charge in [-0.15, -0.1) is 0 Å². The molecule has 1 aliphatic carbocycles. The second-order valence-corrected chi connectivity index (χ2v) is 9.67. The standard InChI is InChI=1S/C24H37N5O2/c1-17-25-22(16-23(26-17)27-21-5-3-4-6-21)15-19-7-11-29(12-8-19)24(31)20-9-13-28(14-10-20)18(2)30/h16,19-21H,3-15H2,1-2H3,(H,25,26,27). The van der Waals surface area contributed by atoms with E-state index in [9.17, 15) is 9.59 Å². The van der Waals surface area contributed by atoms with Gasteiger partial charge in [-0.2, -0.15) is 0 Å². The molecule has 2 amide bonds. The van der Waals surface area contributed by atoms with Gasteiger partial charge >= 0.3 is 0 Å². The van der Waals surface area contributed by atoms with Gasteiger partial charge in [-0.25, -0.2) is 9.97 Å². The first kappa shape index (κ1) is 22.0. The number of amides is 2. The van der Waals surface area contributed by atoms with Crippen LogP contribution in [0.4, 0.5) is 5.82 Å². The van der Waals surface area contributed by atoms with Crippen molar-refractivity contribution in [2.45, 2.75) is 77.7 Å². The highest BCUT2D eigenvalue weighted by atomic mass is 16.2. The van der Waals surface area contributed by atoms with Crippen molar-refractivity contribution in [1.82, 2.24) is 19.8 Å². The predicted octanol–water partition coefficient (Wildman–Crippen LogP) is 3.18. The van der Waals surface area contributed by atoms with Gasteiger partial charge in [0.2, 0.25) is 11.8 Å². The summed E-state index contributed by atoms with van der Waals surface area (Å²) in [5.41, 5.74) is 1.12. The van der Waals surface area contributed by atoms with Crippen molar-refractivity contribution in [3.63, 3.8) is 0 Å². The normalized spacial score (nSPS) is 21.5. The summed E-state index contributed by atoms with van der Waals surface area (Å²) in [5, 5.41) is 3.60. The zero-order chi connectivity index (χ0) is 21.8. The fraction of sp³-hybridized carbons (Fsp3) is 0.750. The molecule has 0 bridgehead atoms. The van der Waals surface area contributed by atoms with Crippen LogP contribution in [0.5, 0.6) is 0 Å². The second-order valence-electron chi connectivity index (χ2n) is 9.67. The maximum atomic E-state index is 12.9. The van der Waals surface area contributed by atoms with E-state index in [0.29, 0.717) is 31.0 Å². The maximum absolute atomic E-state index is 12.9. The van der Waals surface area contributed by atoms with E-state index in [0.717, 1.165) is 62.5 Å². The van der Waals surface area contributed by atoms with Crippen molar-refractivity contribution >= 4 is 17.6 Å². The molecule has 1 saturated carbocycles. The van der Waals surface area contributed by atoms with E-state index < -0.39 is 0 Å². The molecule has 3 fully saturated rings. The third kappa shape index (κ3) is 5.74. The fourth-order valence-electron chi connectivity index (χ4n) is 5.44. The molecular formula is C24H37N5O2. The lowest BCUT2D eigenvalue weighted by Crippen LogP contribution is -2.46. The summed E-state index contributed by atoms with van der Waals surface area (Å²) >= 11 is 0. The van der Waals surface area contributed by atoms with Crippen LogP contribution in [0.25, 0.3) is 0 Å². The maximum Gasteiger partial charge on any atom is 0.225 e. The molecule has 4 rings (SSSR count). The van der Waals surface area contributed by atoms with Crippen LogP contribution in [0.3, 0.4) is 0 Å². The molecule has 7 nitrogen and oxygen atoms in total. The third-order valence-corrected chi connectivity index (χ3v) is 7.31. The van der Waals surface area contributed by atoms with Gasteiger partial charge in [-0.1, -0.05) is 12.8 Å². The van der Waals surface area contributed by atoms with E-state index >= 15 is 0 Å². The summed E-state index contributed by atoms with van der Waals surface area (Å²) in [6.45, 7) is 6.70. The molecule has 170 valence electrons. The predicted molar refractivity (Wildman–Crippen MR) is 121 cm³/mol. The Kier molecular flexibility index (Phi) is 7.08. The SMILES string of the molecule is CC(=O)N1CCC(C(=O)N2CCC(Cc3cc(NC4CCCC4)nc(C)n3)CC2)CC1. The van der Waals surface area contributed by atoms with E-state index in [1.165, 1.54) is 25.7 Å². The van der Waals surface area contributed by atoms with E-state index in [2.05, 4.69) is 26.3 Å². The number of aromatic nitrogens is 2. The van der Waals surface area contributed by atoms with Crippen LogP contribution in [0.2, 0.25) is 0 Å². The molecule has 3 heterocycles. The fourth-order valence-corrected chi connectivity index (χ4v) is 5.44. The molecule has 1 aromatic rings. The summed E-state index contributed by atoms with van der Waals surface area (Å²) in [4.78, 5) is 37.6. The van der Waals surface area contributed by atoms with Gasteiger partial charge in [-0.05, 0) is 57.8 Å². The quantitative estimate of drug-likeness (QED) is 0.781. The summed E-state index contributed by atoms with van der Waals surface area (Å²) < 4.78 is 0. The first-order valence-corrected chi connectivity index (χ1v) is 12.1. The van der Waals surface area contributed by atoms with Gasteiger partial charge in [0, 0.05) is 56.8 Å². The number of carbonyl (C=O) groups is 2. The van der Waals surface area contributed by atoms with Gasteiger partial charge in [0.05, 0.1) is 0 Å². The van der Waals surface area contributed by atoms with Crippen LogP contribution < -0.4 is 5.32 Å². The summed E-state index contributed by atoms with van der Waals surface area (Å²) in [6, 6.07) is 2.68. The lowest BCUT2D eigenvalue weighted by atomic mass is 9.89. The number of nitrogens with zero attached hydrogens (tertiary/aromatic N) is 4. The Labute approximate surface area is 186 Å². The highest BCUT2D eigenvalue weighted by Gasteiger charge is 2.31. The lowest BCUT2D eigenvalue weighted by Gasteiger charge is -2.37. The zero-order valence-electron chi connectivity index (χ0n) is 19.1. The second kappa shape index (κ2) is 9.96. The minimum Gasteiger partial charge on any atom is -0.367 e. The van der Waals surface area contributed by atoms with E-state index in [1.54, 1.807) is 6.92 Å². The van der Waals surface area contributed by atoms with Crippen LogP contribution in [-0.4, -0.2) is 63.8 Å². The zero-order valence-corrected chi connectivity index (χ0v) is 19.1. The Balaban J connectivity index is 1.26. The number of rotatable bonds is 5. The number of aryl methyl sites for hydroxylation is 1. The summed E-state index contributed by atoms with van der Waals surface area (Å²) in [6.07, 6.45) is 9.71. The summed E-state index contributed by atoms with van der Waals surface area (Å²) in [7, 11) is 0. The molecule has 7 heteroatoms. The molecular weight excluding hydrogens is 390 g/mol. The van der Waals surface area contributed by atoms with Crippen LogP contribution in [0, 0.1) is 18.8 Å². The number of hydrogen-bond acceptors (Lipinski definition) is 5. The van der Waals surface area contributed by atoms with Gasteiger partial charge in [0.1, 0.15) is 11.6 Å². The Bertz CT molecular complexity index is 776. The minimum absolute atomic E-state index is 0.0842. The van der Waals surface area contributed by atoms with Crippen molar-refractivity contribution < 1.29 is 9.59 Å². The van der Waals surface area contributed by atoms with Crippen molar-refractivity contribution in [3.05, 3.63) is 17.6 Å². The Morgan fingerprint density at radius 3 is 2.26 bits per heavy atom. The van der Waals surface area contributed by atoms with Crippen LogP contribution in [0.15, 0.2) is 6.07 Å². The van der Waals surface area contributed by atoms with Crippen LogP contribution >= 0.6 is 0 Å². The first-order valence-electron chi connectivity index (χ1n) is 12.1. The van der Waals surface area contributed by atoms with Gasteiger partial charge < -0.3 is 15.1 Å². The third-order valence-electron chi connectivity index (χ3n) is 7.31. The molecule has 0 atom stereocenters. The molecule has 0 unspecified atom stereocenters. The molecule has 1 aromatic heterocycles. The molecule has 31 heavy (non-hydrogen) atoms. The summed E-state index contributed by atoms with van der Waals surface area (Å²) in [5.74, 6) is 2.87. The highest BCUT2D eigenvalue weighted by molar-refractivity contribution is 5.79. The average molecular weight is 428 g/mol. The monoisotopic (exact) mass is 427 g/mol. The number of hydrogen-bond donors (Lipinski definition) is 1. The molecule has 0 aromatic carbocycles. The van der Waals surface area contributed by atoms with Crippen molar-refractivity contribution in [2.24, 2.45) is 11.8 Å². The topological polar surface area (TPSA) is 78.4 Å². The molecule has 0 spiro atoms. The Hall–Kier alpha value is -2.18. The van der Waals surface area contributed by atoms with E-state index in [4.69, 9.17) is 0 Å². The van der Waals surface area contributed by atoms with Crippen molar-refractivity contribution in [3.8, 4) is 0 Å². The number of piperidine rings is 2. The Morgan fingerprint density at radius 2 is 1.61 bits per heavy atom. The van der Waals surface area contributed by atoms with Crippen molar-refractivity contribution in [2.75, 3.05) is 31.5 Å². The van der Waals surface area contributed by atoms with E-state index in [-0.39, 0.29) is 11.8 Å². The smallest absolute Gasteiger partial charge is 0.225 e. The highest BCUT2D eigenvalue weighted by Crippen LogP contribution is 2.27. The number of carbonyl (C=O) groups excluding carboxylic acids is 2. The number of nitrogens with one attached hydrogen (secondary N) is 1. The molecule has 3 aliphatic rings. The molecule has 2 aliphatic heterocycles. The van der Waals surface area contributed by atoms with E-state index in [1.807, 2.05) is 11.8 Å². The first-order chi connectivity index (χ1) is 15.0. The van der Waals surface area contributed by atoms with Gasteiger partial charge in [0.25, 0.3) is 0 Å².